The molecule has 1 heterocycles. The third-order valence-electron chi connectivity index (χ3n) is 4.84. The number of rotatable bonds is 4. The highest BCUT2D eigenvalue weighted by atomic mass is 79.9. The average molecular weight is 519 g/mol. The van der Waals surface area contributed by atoms with Gasteiger partial charge in [0.15, 0.2) is 0 Å². The molecule has 0 aromatic heterocycles. The number of carbonyl (C=O) groups excluding carboxylic acids is 1. The van der Waals surface area contributed by atoms with E-state index in [0.717, 1.165) is 20.6 Å². The van der Waals surface area contributed by atoms with Crippen LogP contribution < -0.4 is 4.72 Å². The molecule has 0 saturated heterocycles. The maximum Gasteiger partial charge on any atom is 0.351 e. The lowest BCUT2D eigenvalue weighted by atomic mass is 9.91. The van der Waals surface area contributed by atoms with E-state index in [9.17, 15) is 13.2 Å². The third-order valence-corrected chi connectivity index (χ3v) is 6.95. The molecule has 0 aliphatic carbocycles. The highest BCUT2D eigenvalue weighted by Gasteiger charge is 2.33. The van der Waals surface area contributed by atoms with E-state index in [2.05, 4.69) is 25.8 Å². The summed E-state index contributed by atoms with van der Waals surface area (Å²) in [6.07, 6.45) is 0. The highest BCUT2D eigenvalue weighted by Crippen LogP contribution is 2.29. The minimum absolute atomic E-state index is 0.00948. The van der Waals surface area contributed by atoms with Gasteiger partial charge in [-0.25, -0.2) is 22.9 Å². The van der Waals surface area contributed by atoms with Crippen LogP contribution in [0, 0.1) is 0 Å². The maximum absolute atomic E-state index is 12.8. The van der Waals surface area contributed by atoms with Gasteiger partial charge in [0.25, 0.3) is 10.0 Å². The molecule has 3 aromatic carbocycles. The first-order chi connectivity index (χ1) is 14.8. The Kier molecular flexibility index (Phi) is 6.13. The molecule has 31 heavy (non-hydrogen) atoms. The zero-order valence-electron chi connectivity index (χ0n) is 16.1. The second kappa shape index (κ2) is 8.82. The Morgan fingerprint density at radius 3 is 2.29 bits per heavy atom. The summed E-state index contributed by atoms with van der Waals surface area (Å²) in [4.78, 5) is 12.8. The van der Waals surface area contributed by atoms with Gasteiger partial charge in [-0.2, -0.15) is 5.10 Å². The van der Waals surface area contributed by atoms with Crippen LogP contribution in [0.4, 0.5) is 4.79 Å². The van der Waals surface area contributed by atoms with Crippen molar-refractivity contribution in [3.05, 3.63) is 99.5 Å². The Morgan fingerprint density at radius 1 is 1.00 bits per heavy atom. The summed E-state index contributed by atoms with van der Waals surface area (Å²) in [5, 5.41) is 6.20. The van der Waals surface area contributed by atoms with Gasteiger partial charge in [0.1, 0.15) is 0 Å². The molecule has 0 fully saturated rings. The number of nitrogens with zero attached hydrogens (tertiary/aromatic N) is 2. The number of nitrogens with one attached hydrogen (secondary N) is 1. The van der Waals surface area contributed by atoms with Gasteiger partial charge in [0, 0.05) is 15.4 Å². The molecule has 3 aromatic rings. The molecule has 2 amide bonds. The molecule has 1 atom stereocenters. The van der Waals surface area contributed by atoms with Crippen LogP contribution in [0.2, 0.25) is 5.02 Å². The van der Waals surface area contributed by atoms with Gasteiger partial charge >= 0.3 is 6.03 Å². The molecular weight excluding hydrogens is 502 g/mol. The summed E-state index contributed by atoms with van der Waals surface area (Å²) in [7, 11) is -4.03. The molecular formula is C22H17BrClN3O3S. The molecule has 9 heteroatoms. The second-order valence-electron chi connectivity index (χ2n) is 6.90. The van der Waals surface area contributed by atoms with Gasteiger partial charge in [-0.1, -0.05) is 70.0 Å². The molecule has 158 valence electrons. The van der Waals surface area contributed by atoms with Crippen molar-refractivity contribution in [2.24, 2.45) is 5.10 Å². The highest BCUT2D eigenvalue weighted by molar-refractivity contribution is 9.10. The van der Waals surface area contributed by atoms with Crippen LogP contribution in [0.25, 0.3) is 0 Å². The van der Waals surface area contributed by atoms with Crippen LogP contribution in [-0.4, -0.2) is 31.7 Å². The van der Waals surface area contributed by atoms with Crippen LogP contribution in [0.5, 0.6) is 0 Å². The lowest BCUT2D eigenvalue weighted by molar-refractivity contribution is 0.210. The predicted octanol–water partition coefficient (Wildman–Crippen LogP) is 5.00. The minimum Gasteiger partial charge on any atom is -0.246 e. The third kappa shape index (κ3) is 4.81. The molecule has 1 aliphatic rings. The summed E-state index contributed by atoms with van der Waals surface area (Å²) in [6.45, 7) is 0.212. The molecule has 1 aliphatic heterocycles. The second-order valence-corrected chi connectivity index (χ2v) is 9.94. The minimum atomic E-state index is -4.03. The molecule has 6 nitrogen and oxygen atoms in total. The van der Waals surface area contributed by atoms with E-state index in [1.54, 1.807) is 24.3 Å². The Balaban J connectivity index is 1.62. The first-order valence-electron chi connectivity index (χ1n) is 9.33. The fourth-order valence-electron chi connectivity index (χ4n) is 3.30. The number of halogens is 2. The van der Waals surface area contributed by atoms with Crippen molar-refractivity contribution in [1.82, 2.24) is 9.73 Å². The fraction of sp³-hybridized carbons (Fsp3) is 0.0909. The van der Waals surface area contributed by atoms with Gasteiger partial charge in [0.05, 0.1) is 17.2 Å². The Morgan fingerprint density at radius 2 is 1.65 bits per heavy atom. The standard InChI is InChI=1S/C22H17BrClN3O3S/c23-17-8-12-19(13-9-17)31(29,30)26-22(28)27-14-20(15-4-2-1-3-5-15)21(25-27)16-6-10-18(24)11-7-16/h1-13,20H,14H2,(H,26,28). The van der Waals surface area contributed by atoms with Gasteiger partial charge in [-0.15, -0.1) is 0 Å². The lowest BCUT2D eigenvalue weighted by Crippen LogP contribution is -2.39. The van der Waals surface area contributed by atoms with E-state index >= 15 is 0 Å². The summed E-state index contributed by atoms with van der Waals surface area (Å²) >= 11 is 9.27. The topological polar surface area (TPSA) is 78.8 Å². The number of sulfonamides is 1. The number of benzene rings is 3. The molecule has 0 saturated carbocycles. The lowest BCUT2D eigenvalue weighted by Gasteiger charge is -2.16. The monoisotopic (exact) mass is 517 g/mol. The van der Waals surface area contributed by atoms with Crippen molar-refractivity contribution < 1.29 is 13.2 Å². The summed E-state index contributed by atoms with van der Waals surface area (Å²) in [5.74, 6) is -0.205. The maximum atomic E-state index is 12.8. The molecule has 0 bridgehead atoms. The smallest absolute Gasteiger partial charge is 0.246 e. The van der Waals surface area contributed by atoms with E-state index in [4.69, 9.17) is 11.6 Å². The van der Waals surface area contributed by atoms with Crippen LogP contribution in [0.1, 0.15) is 17.0 Å². The molecule has 1 unspecified atom stereocenters. The number of hydrogen-bond donors (Lipinski definition) is 1. The van der Waals surface area contributed by atoms with E-state index < -0.39 is 16.1 Å². The Bertz CT molecular complexity index is 1230. The first-order valence-corrected chi connectivity index (χ1v) is 12.0. The van der Waals surface area contributed by atoms with Gasteiger partial charge in [-0.05, 0) is 47.5 Å². The number of hydrogen-bond acceptors (Lipinski definition) is 4. The number of urea groups is 1. The molecule has 0 spiro atoms. The van der Waals surface area contributed by atoms with Crippen molar-refractivity contribution in [2.75, 3.05) is 6.54 Å². The first kappa shape index (κ1) is 21.5. The van der Waals surface area contributed by atoms with Gasteiger partial charge in [0.2, 0.25) is 0 Å². The van der Waals surface area contributed by atoms with E-state index in [1.165, 1.54) is 12.1 Å². The summed E-state index contributed by atoms with van der Waals surface area (Å²) in [6, 6.07) is 22.0. The largest absolute Gasteiger partial charge is 0.351 e. The summed E-state index contributed by atoms with van der Waals surface area (Å²) in [5.41, 5.74) is 2.45. The quantitative estimate of drug-likeness (QED) is 0.528. The molecule has 4 rings (SSSR count). The van der Waals surface area contributed by atoms with Gasteiger partial charge in [-0.3, -0.25) is 0 Å². The van der Waals surface area contributed by atoms with Crippen molar-refractivity contribution >= 4 is 49.3 Å². The predicted molar refractivity (Wildman–Crippen MR) is 124 cm³/mol. The zero-order chi connectivity index (χ0) is 22.0. The van der Waals surface area contributed by atoms with Crippen LogP contribution in [0.3, 0.4) is 0 Å². The van der Waals surface area contributed by atoms with Crippen molar-refractivity contribution in [3.8, 4) is 0 Å². The van der Waals surface area contributed by atoms with Crippen molar-refractivity contribution in [2.45, 2.75) is 10.8 Å². The summed E-state index contributed by atoms with van der Waals surface area (Å²) < 4.78 is 28.1. The van der Waals surface area contributed by atoms with Gasteiger partial charge < -0.3 is 0 Å². The fourth-order valence-corrected chi connectivity index (χ4v) is 4.63. The van der Waals surface area contributed by atoms with Crippen LogP contribution in [0.15, 0.2) is 93.3 Å². The zero-order valence-corrected chi connectivity index (χ0v) is 19.2. The van der Waals surface area contributed by atoms with E-state index in [-0.39, 0.29) is 17.4 Å². The average Bonchev–Trinajstić information content (AvgIpc) is 3.21. The molecule has 0 radical (unpaired) electrons. The van der Waals surface area contributed by atoms with Crippen LogP contribution >= 0.6 is 27.5 Å². The number of carbonyl (C=O) groups is 1. The van der Waals surface area contributed by atoms with Crippen molar-refractivity contribution in [1.29, 1.82) is 0 Å². The van der Waals surface area contributed by atoms with Crippen LogP contribution in [-0.2, 0) is 10.0 Å². The molecule has 1 N–H and O–H groups in total. The van der Waals surface area contributed by atoms with Crippen molar-refractivity contribution in [3.63, 3.8) is 0 Å². The normalized spacial score (nSPS) is 16.1. The Hall–Kier alpha value is -2.68. The number of amides is 2. The van der Waals surface area contributed by atoms with E-state index in [0.29, 0.717) is 10.7 Å². The Labute approximate surface area is 193 Å². The number of hydrazone groups is 1. The van der Waals surface area contributed by atoms with E-state index in [1.807, 2.05) is 42.5 Å². The SMILES string of the molecule is O=C(NS(=O)(=O)c1ccc(Br)cc1)N1CC(c2ccccc2)C(c2ccc(Cl)cc2)=N1.